The molecular weight excluding hydrogens is 276 g/mol. The molecule has 0 spiro atoms. The van der Waals surface area contributed by atoms with E-state index in [-0.39, 0.29) is 11.9 Å². The number of hydrogen-bond acceptors (Lipinski definition) is 3. The van der Waals surface area contributed by atoms with E-state index in [0.717, 1.165) is 24.0 Å². The SMILES string of the molecule is CCCCC/C=C1\C(=O)OC[C@@H]1/C=C/OCc1ccccc1. The van der Waals surface area contributed by atoms with E-state index in [0.29, 0.717) is 13.2 Å². The number of ether oxygens (including phenoxy) is 2. The summed E-state index contributed by atoms with van der Waals surface area (Å²) in [5.41, 5.74) is 1.90. The molecule has 0 aromatic heterocycles. The predicted molar refractivity (Wildman–Crippen MR) is 87.0 cm³/mol. The Morgan fingerprint density at radius 2 is 2.09 bits per heavy atom. The lowest BCUT2D eigenvalue weighted by Gasteiger charge is -2.04. The van der Waals surface area contributed by atoms with E-state index in [2.05, 4.69) is 6.92 Å². The number of cyclic esters (lactones) is 1. The van der Waals surface area contributed by atoms with Crippen LogP contribution in [0.2, 0.25) is 0 Å². The maximum absolute atomic E-state index is 11.7. The molecule has 0 bridgehead atoms. The van der Waals surface area contributed by atoms with Crippen molar-refractivity contribution in [2.24, 2.45) is 5.92 Å². The second-order valence-corrected chi connectivity index (χ2v) is 5.49. The summed E-state index contributed by atoms with van der Waals surface area (Å²) < 4.78 is 10.7. The van der Waals surface area contributed by atoms with Gasteiger partial charge in [0.1, 0.15) is 13.2 Å². The van der Waals surface area contributed by atoms with Gasteiger partial charge in [0.05, 0.1) is 6.26 Å². The Labute approximate surface area is 132 Å². The minimum Gasteiger partial charge on any atom is -0.497 e. The molecule has 1 aliphatic heterocycles. The van der Waals surface area contributed by atoms with E-state index in [4.69, 9.17) is 9.47 Å². The highest BCUT2D eigenvalue weighted by molar-refractivity contribution is 5.91. The van der Waals surface area contributed by atoms with Gasteiger partial charge in [0.15, 0.2) is 0 Å². The third-order valence-corrected chi connectivity index (χ3v) is 3.70. The fourth-order valence-electron chi connectivity index (χ4n) is 2.40. The largest absolute Gasteiger partial charge is 0.497 e. The summed E-state index contributed by atoms with van der Waals surface area (Å²) in [6.45, 7) is 3.13. The highest BCUT2D eigenvalue weighted by Crippen LogP contribution is 2.23. The minimum atomic E-state index is -0.186. The molecular formula is C19H24O3. The second kappa shape index (κ2) is 9.08. The number of benzene rings is 1. The van der Waals surface area contributed by atoms with Crippen LogP contribution >= 0.6 is 0 Å². The van der Waals surface area contributed by atoms with Crippen molar-refractivity contribution in [3.63, 3.8) is 0 Å². The Hall–Kier alpha value is -2.03. The van der Waals surface area contributed by atoms with Gasteiger partial charge in [-0.05, 0) is 24.5 Å². The van der Waals surface area contributed by atoms with Crippen molar-refractivity contribution in [3.05, 3.63) is 59.9 Å². The molecule has 1 fully saturated rings. The quantitative estimate of drug-likeness (QED) is 0.309. The van der Waals surface area contributed by atoms with Crippen LogP contribution in [0.3, 0.4) is 0 Å². The van der Waals surface area contributed by atoms with E-state index in [1.165, 1.54) is 12.8 Å². The number of carbonyl (C=O) groups excluding carboxylic acids is 1. The van der Waals surface area contributed by atoms with E-state index in [9.17, 15) is 4.79 Å². The number of esters is 1. The highest BCUT2D eigenvalue weighted by atomic mass is 16.5. The van der Waals surface area contributed by atoms with Gasteiger partial charge in [-0.15, -0.1) is 0 Å². The Kier molecular flexibility index (Phi) is 6.75. The van der Waals surface area contributed by atoms with Gasteiger partial charge in [0, 0.05) is 11.5 Å². The molecule has 1 aliphatic rings. The smallest absolute Gasteiger partial charge is 0.334 e. The van der Waals surface area contributed by atoms with Crippen molar-refractivity contribution in [2.45, 2.75) is 39.2 Å². The standard InChI is InChI=1S/C19H24O3/c1-2-3-4-8-11-18-17(15-22-19(18)20)12-13-21-14-16-9-6-5-7-10-16/h5-7,9-13,17H,2-4,8,14-15H2,1H3/b13-12+,18-11-/t17-/m0/s1. The minimum absolute atomic E-state index is 0.0184. The lowest BCUT2D eigenvalue weighted by Crippen LogP contribution is -2.00. The highest BCUT2D eigenvalue weighted by Gasteiger charge is 2.28. The average Bonchev–Trinajstić information content (AvgIpc) is 2.90. The number of rotatable bonds is 8. The number of unbranched alkanes of at least 4 members (excludes halogenated alkanes) is 3. The van der Waals surface area contributed by atoms with Crippen LogP contribution in [0.4, 0.5) is 0 Å². The molecule has 1 saturated heterocycles. The molecule has 0 N–H and O–H groups in total. The fraction of sp³-hybridized carbons (Fsp3) is 0.421. The first kappa shape index (κ1) is 16.3. The van der Waals surface area contributed by atoms with Crippen LogP contribution in [0.25, 0.3) is 0 Å². The van der Waals surface area contributed by atoms with Gasteiger partial charge in [-0.25, -0.2) is 4.79 Å². The van der Waals surface area contributed by atoms with Gasteiger partial charge < -0.3 is 9.47 Å². The molecule has 1 aromatic carbocycles. The van der Waals surface area contributed by atoms with E-state index >= 15 is 0 Å². The third-order valence-electron chi connectivity index (χ3n) is 3.70. The van der Waals surface area contributed by atoms with Gasteiger partial charge in [-0.2, -0.15) is 0 Å². The molecule has 0 amide bonds. The van der Waals surface area contributed by atoms with Gasteiger partial charge in [-0.1, -0.05) is 56.2 Å². The maximum Gasteiger partial charge on any atom is 0.334 e. The Balaban J connectivity index is 1.82. The molecule has 3 nitrogen and oxygen atoms in total. The molecule has 0 radical (unpaired) electrons. The molecule has 3 heteroatoms. The first-order chi connectivity index (χ1) is 10.8. The summed E-state index contributed by atoms with van der Waals surface area (Å²) >= 11 is 0. The van der Waals surface area contributed by atoms with Crippen molar-refractivity contribution in [3.8, 4) is 0 Å². The number of carbonyl (C=O) groups is 1. The molecule has 0 saturated carbocycles. The first-order valence-electron chi connectivity index (χ1n) is 8.00. The lowest BCUT2D eigenvalue weighted by molar-refractivity contribution is -0.135. The van der Waals surface area contributed by atoms with Gasteiger partial charge in [0.25, 0.3) is 0 Å². The zero-order valence-electron chi connectivity index (χ0n) is 13.2. The van der Waals surface area contributed by atoms with Gasteiger partial charge in [-0.3, -0.25) is 0 Å². The van der Waals surface area contributed by atoms with Crippen LogP contribution in [0, 0.1) is 5.92 Å². The van der Waals surface area contributed by atoms with Crippen LogP contribution in [-0.4, -0.2) is 12.6 Å². The summed E-state index contributed by atoms with van der Waals surface area (Å²) in [6.07, 6.45) is 10.1. The maximum atomic E-state index is 11.7. The molecule has 1 aromatic rings. The summed E-state index contributed by atoms with van der Waals surface area (Å²) in [5.74, 6) is -0.167. The summed E-state index contributed by atoms with van der Waals surface area (Å²) in [4.78, 5) is 11.7. The van der Waals surface area contributed by atoms with Crippen LogP contribution in [0.5, 0.6) is 0 Å². The summed E-state index contributed by atoms with van der Waals surface area (Å²) in [7, 11) is 0. The van der Waals surface area contributed by atoms with Crippen LogP contribution in [0.1, 0.15) is 38.2 Å². The van der Waals surface area contributed by atoms with Crippen LogP contribution in [0.15, 0.2) is 54.3 Å². The second-order valence-electron chi connectivity index (χ2n) is 5.49. The number of allylic oxidation sites excluding steroid dienone is 1. The van der Waals surface area contributed by atoms with E-state index < -0.39 is 0 Å². The molecule has 2 rings (SSSR count). The lowest BCUT2D eigenvalue weighted by atomic mass is 10.0. The zero-order valence-corrected chi connectivity index (χ0v) is 13.2. The predicted octanol–water partition coefficient (Wildman–Crippen LogP) is 4.40. The topological polar surface area (TPSA) is 35.5 Å². The van der Waals surface area contributed by atoms with E-state index in [1.807, 2.05) is 42.5 Å². The molecule has 118 valence electrons. The Morgan fingerprint density at radius 3 is 2.86 bits per heavy atom. The van der Waals surface area contributed by atoms with Crippen molar-refractivity contribution < 1.29 is 14.3 Å². The zero-order chi connectivity index (χ0) is 15.6. The van der Waals surface area contributed by atoms with Crippen molar-refractivity contribution in [1.82, 2.24) is 0 Å². The monoisotopic (exact) mass is 300 g/mol. The Morgan fingerprint density at radius 1 is 1.27 bits per heavy atom. The number of hydrogen-bond donors (Lipinski definition) is 0. The first-order valence-corrected chi connectivity index (χ1v) is 8.00. The summed E-state index contributed by atoms with van der Waals surface area (Å²) in [5, 5.41) is 0. The van der Waals surface area contributed by atoms with Gasteiger partial charge in [0.2, 0.25) is 0 Å². The molecule has 22 heavy (non-hydrogen) atoms. The van der Waals surface area contributed by atoms with Crippen molar-refractivity contribution >= 4 is 5.97 Å². The van der Waals surface area contributed by atoms with Crippen LogP contribution in [-0.2, 0) is 20.9 Å². The van der Waals surface area contributed by atoms with E-state index in [1.54, 1.807) is 6.26 Å². The normalized spacial score (nSPS) is 19.8. The average molecular weight is 300 g/mol. The molecule has 1 atom stereocenters. The third kappa shape index (κ3) is 5.06. The van der Waals surface area contributed by atoms with Crippen molar-refractivity contribution in [1.29, 1.82) is 0 Å². The Bertz CT molecular complexity index is 517. The fourth-order valence-corrected chi connectivity index (χ4v) is 2.40. The van der Waals surface area contributed by atoms with Crippen LogP contribution < -0.4 is 0 Å². The molecule has 1 heterocycles. The van der Waals surface area contributed by atoms with Gasteiger partial charge >= 0.3 is 5.97 Å². The summed E-state index contributed by atoms with van der Waals surface area (Å²) in [6, 6.07) is 10.0. The van der Waals surface area contributed by atoms with Crippen molar-refractivity contribution in [2.75, 3.05) is 6.61 Å². The molecule has 0 unspecified atom stereocenters. The molecule has 0 aliphatic carbocycles.